The molecule has 3 fully saturated rings. The van der Waals surface area contributed by atoms with Crippen LogP contribution in [-0.4, -0.2) is 183 Å². The maximum atomic E-state index is 13.2. The minimum atomic E-state index is -2.09. The van der Waals surface area contributed by atoms with Crippen LogP contribution in [0.4, 0.5) is 0 Å². The zero-order chi connectivity index (χ0) is 47.0. The number of hydrogen-bond acceptors (Lipinski definition) is 22. The Labute approximate surface area is 366 Å². The highest BCUT2D eigenvalue weighted by Crippen LogP contribution is 2.46. The van der Waals surface area contributed by atoms with Gasteiger partial charge in [0.2, 0.25) is 18.3 Å². The van der Waals surface area contributed by atoms with Crippen molar-refractivity contribution in [3.05, 3.63) is 66.2 Å². The molecule has 15 atom stereocenters. The van der Waals surface area contributed by atoms with Crippen molar-refractivity contribution < 1.29 is 114 Å². The Morgan fingerprint density at radius 1 is 0.662 bits per heavy atom. The summed E-state index contributed by atoms with van der Waals surface area (Å²) in [6, 6.07) is 10.8. The third kappa shape index (κ3) is 9.97. The molecule has 352 valence electrons. The summed E-state index contributed by atoms with van der Waals surface area (Å²) in [6.07, 6.45) is -23.6. The lowest BCUT2D eigenvalue weighted by atomic mass is 9.98. The summed E-state index contributed by atoms with van der Waals surface area (Å²) in [5.74, 6) is -5.45. The molecule has 0 spiro atoms. The van der Waals surface area contributed by atoms with E-state index in [9.17, 15) is 76.3 Å². The molecule has 4 heterocycles. The molecule has 3 saturated heterocycles. The van der Waals surface area contributed by atoms with Gasteiger partial charge in [-0.2, -0.15) is 0 Å². The molecule has 23 nitrogen and oxygen atoms in total. The minimum Gasteiger partial charge on any atom is -0.508 e. The summed E-state index contributed by atoms with van der Waals surface area (Å²) in [5, 5.41) is 147. The molecule has 0 amide bonds. The number of fused-ring (bicyclic) bond motifs is 1. The topological polar surface area (TPSA) is 376 Å². The molecule has 3 aliphatic rings. The summed E-state index contributed by atoms with van der Waals surface area (Å²) >= 11 is 0. The molecule has 7 rings (SSSR count). The van der Waals surface area contributed by atoms with Crippen LogP contribution < -0.4 is 9.47 Å². The summed E-state index contributed by atoms with van der Waals surface area (Å²) in [6.45, 7) is -0.124. The summed E-state index contributed by atoms with van der Waals surface area (Å²) < 4.78 is 46.2. The van der Waals surface area contributed by atoms with E-state index in [1.807, 2.05) is 0 Å². The second-order valence-corrected chi connectivity index (χ2v) is 15.5. The van der Waals surface area contributed by atoms with Gasteiger partial charge in [0.1, 0.15) is 77.6 Å². The molecule has 0 radical (unpaired) electrons. The summed E-state index contributed by atoms with van der Waals surface area (Å²) in [7, 11) is 0. The number of carbonyl (C=O) groups excluding carboxylic acids is 1. The lowest BCUT2D eigenvalue weighted by Crippen LogP contribution is -2.62. The van der Waals surface area contributed by atoms with Crippen LogP contribution in [-0.2, 0) is 28.5 Å². The van der Waals surface area contributed by atoms with Crippen molar-refractivity contribution in [3.8, 4) is 51.6 Å². The zero-order valence-corrected chi connectivity index (χ0v) is 33.9. The lowest BCUT2D eigenvalue weighted by Gasteiger charge is -2.43. The zero-order valence-electron chi connectivity index (χ0n) is 33.9. The molecule has 4 aromatic rings. The highest BCUT2D eigenvalue weighted by Gasteiger charge is 2.51. The molecule has 0 unspecified atom stereocenters. The summed E-state index contributed by atoms with van der Waals surface area (Å²) in [5.41, 5.74) is 0.0147. The quantitative estimate of drug-likeness (QED) is 0.0329. The van der Waals surface area contributed by atoms with Crippen LogP contribution in [0.3, 0.4) is 0 Å². The fourth-order valence-corrected chi connectivity index (χ4v) is 7.25. The number of aliphatic hydroxyl groups is 9. The fourth-order valence-electron chi connectivity index (χ4n) is 7.25. The molecule has 0 saturated carbocycles. The van der Waals surface area contributed by atoms with E-state index in [0.717, 1.165) is 36.4 Å². The van der Waals surface area contributed by atoms with Crippen molar-refractivity contribution in [1.29, 1.82) is 0 Å². The number of benzene rings is 3. The molecule has 23 heteroatoms. The first-order chi connectivity index (χ1) is 30.8. The molecular weight excluding hydrogens is 872 g/mol. The number of aliphatic hydroxyl groups excluding tert-OH is 9. The predicted octanol–water partition coefficient (Wildman–Crippen LogP) is -1.62. The molecule has 0 aliphatic carbocycles. The maximum Gasteiger partial charge on any atom is 0.402 e. The van der Waals surface area contributed by atoms with Crippen molar-refractivity contribution >= 4 is 23.0 Å². The smallest absolute Gasteiger partial charge is 0.402 e. The van der Waals surface area contributed by atoms with Crippen LogP contribution in [0.1, 0.15) is 12.5 Å². The average Bonchev–Trinajstić information content (AvgIpc) is 3.27. The highest BCUT2D eigenvalue weighted by atomic mass is 16.7. The average molecular weight is 920 g/mol. The van der Waals surface area contributed by atoms with Gasteiger partial charge in [0.05, 0.1) is 30.9 Å². The van der Waals surface area contributed by atoms with E-state index in [1.165, 1.54) is 37.3 Å². The Morgan fingerprint density at radius 3 is 1.95 bits per heavy atom. The van der Waals surface area contributed by atoms with Gasteiger partial charge in [0.25, 0.3) is 0 Å². The van der Waals surface area contributed by atoms with Crippen molar-refractivity contribution in [2.45, 2.75) is 99.0 Å². The SMILES string of the molecule is C[C@@H]1O[C@@H](OC[C@H]2O[C@@H](Oc3cc4c(O[C@@H]5O[C@H](CO)[C@@H](O)[C@H](O)[C@H]5O)cc(O)cc4[o+]c3-c3cc(O)c(O)c(O)c3)[C@H](O)[C@@H](OC(=O)C=Cc3ccc(O)cc3)[C@@H]2O)[C@H](O)[C@H](O)[C@H]1O. The van der Waals surface area contributed by atoms with E-state index in [0.29, 0.717) is 5.56 Å². The van der Waals surface area contributed by atoms with E-state index >= 15 is 0 Å². The van der Waals surface area contributed by atoms with Gasteiger partial charge in [-0.3, -0.25) is 0 Å². The standard InChI is InChI=1S/C42H46O23/c1-15-29(49)33(53)35(55)40(59-15)58-14-27-32(52)39(65-28(48)7-4-16-2-5-18(44)6-3-16)37(57)42(64-27)62-25-12-20-23(60-38(25)17-8-21(46)30(50)22(47)9-17)10-19(45)11-24(20)61-41-36(56)34(54)31(51)26(13-43)63-41/h2-12,15,26-27,29,31-37,39-43,49,51-57H,13-14H2,1H3,(H4-,44,45,46,47,48,50)/p+1/t15-,26+,27+,29-,31+,32+,33+,34-,35+,36+,37+,39-,40+,41+,42+/m0/s1. The van der Waals surface area contributed by atoms with E-state index in [2.05, 4.69) is 0 Å². The van der Waals surface area contributed by atoms with Crippen LogP contribution in [0.5, 0.6) is 40.2 Å². The number of carbonyl (C=O) groups is 1. The van der Waals surface area contributed by atoms with Gasteiger partial charge in [0.15, 0.2) is 35.7 Å². The van der Waals surface area contributed by atoms with Crippen LogP contribution in [0.25, 0.3) is 28.4 Å². The molecular formula is C42H47O23+. The van der Waals surface area contributed by atoms with Gasteiger partial charge >= 0.3 is 17.3 Å². The number of phenolic OH excluding ortho intramolecular Hbond substituents is 5. The molecule has 3 aliphatic heterocycles. The van der Waals surface area contributed by atoms with Gasteiger partial charge in [-0.05, 0) is 30.7 Å². The molecule has 1 aromatic heterocycles. The predicted molar refractivity (Wildman–Crippen MR) is 214 cm³/mol. The van der Waals surface area contributed by atoms with Gasteiger partial charge in [0, 0.05) is 30.3 Å². The Hall–Kier alpha value is -5.64. The van der Waals surface area contributed by atoms with Crippen LogP contribution in [0, 0.1) is 0 Å². The third-order valence-electron chi connectivity index (χ3n) is 10.9. The summed E-state index contributed by atoms with van der Waals surface area (Å²) in [4.78, 5) is 13.2. The Bertz CT molecular complexity index is 2320. The van der Waals surface area contributed by atoms with Crippen molar-refractivity contribution in [1.82, 2.24) is 0 Å². The second kappa shape index (κ2) is 19.4. The first-order valence-corrected chi connectivity index (χ1v) is 19.9. The number of phenols is 5. The molecule has 0 bridgehead atoms. The van der Waals surface area contributed by atoms with Crippen molar-refractivity contribution in [2.24, 2.45) is 0 Å². The second-order valence-electron chi connectivity index (χ2n) is 15.5. The molecule has 3 aromatic carbocycles. The maximum absolute atomic E-state index is 13.2. The molecule has 14 N–H and O–H groups in total. The Kier molecular flexibility index (Phi) is 14.2. The number of ether oxygens (including phenoxy) is 7. The van der Waals surface area contributed by atoms with E-state index in [-0.39, 0.29) is 28.0 Å². The normalized spacial score (nSPS) is 32.9. The van der Waals surface area contributed by atoms with E-state index < -0.39 is 146 Å². The first-order valence-electron chi connectivity index (χ1n) is 19.9. The first kappa shape index (κ1) is 47.3. The number of esters is 1. The minimum absolute atomic E-state index is 0.0409. The number of aromatic hydroxyl groups is 5. The molecule has 65 heavy (non-hydrogen) atoms. The van der Waals surface area contributed by atoms with Crippen molar-refractivity contribution in [2.75, 3.05) is 13.2 Å². The fraction of sp³-hybridized carbons (Fsp3) is 0.429. The van der Waals surface area contributed by atoms with Gasteiger partial charge in [-0.25, -0.2) is 9.21 Å². The van der Waals surface area contributed by atoms with Crippen LogP contribution in [0.2, 0.25) is 0 Å². The number of hydrogen-bond donors (Lipinski definition) is 14. The highest BCUT2D eigenvalue weighted by molar-refractivity contribution is 5.89. The number of rotatable bonds is 12. The van der Waals surface area contributed by atoms with Gasteiger partial charge in [-0.1, -0.05) is 12.1 Å². The van der Waals surface area contributed by atoms with E-state index in [1.54, 1.807) is 0 Å². The van der Waals surface area contributed by atoms with Crippen LogP contribution >= 0.6 is 0 Å². The largest absolute Gasteiger partial charge is 0.508 e. The third-order valence-corrected chi connectivity index (χ3v) is 10.9. The Balaban J connectivity index is 1.27. The van der Waals surface area contributed by atoms with Crippen LogP contribution in [0.15, 0.2) is 65.1 Å². The van der Waals surface area contributed by atoms with Crippen molar-refractivity contribution in [3.63, 3.8) is 0 Å². The lowest BCUT2D eigenvalue weighted by molar-refractivity contribution is -0.319. The monoisotopic (exact) mass is 919 g/mol. The van der Waals surface area contributed by atoms with Gasteiger partial charge in [-0.15, -0.1) is 0 Å². The van der Waals surface area contributed by atoms with E-state index in [4.69, 9.17) is 37.6 Å². The van der Waals surface area contributed by atoms with Gasteiger partial charge < -0.3 is 105 Å². The Morgan fingerprint density at radius 2 is 1.28 bits per heavy atom.